The highest BCUT2D eigenvalue weighted by Crippen LogP contribution is 2.47. The summed E-state index contributed by atoms with van der Waals surface area (Å²) in [6.07, 6.45) is 32.6. The van der Waals surface area contributed by atoms with Crippen LogP contribution in [0.25, 0.3) is 0 Å². The van der Waals surface area contributed by atoms with E-state index in [0.717, 1.165) is 57.8 Å². The molecular formula is C49H81O14P. The van der Waals surface area contributed by atoms with Gasteiger partial charge in [0.25, 0.3) is 0 Å². The van der Waals surface area contributed by atoms with Crippen LogP contribution in [-0.4, -0.2) is 110 Å². The monoisotopic (exact) mass is 925 g/mol. The van der Waals surface area contributed by atoms with Gasteiger partial charge in [-0.2, -0.15) is 0 Å². The summed E-state index contributed by atoms with van der Waals surface area (Å²) < 4.78 is 33.4. The Labute approximate surface area is 382 Å². The summed E-state index contributed by atoms with van der Waals surface area (Å²) in [4.78, 5) is 35.7. The number of esters is 2. The lowest BCUT2D eigenvalue weighted by molar-refractivity contribution is -0.220. The van der Waals surface area contributed by atoms with E-state index < -0.39 is 81.8 Å². The fourth-order valence-corrected chi connectivity index (χ4v) is 7.44. The van der Waals surface area contributed by atoms with Crippen LogP contribution in [0.5, 0.6) is 0 Å². The van der Waals surface area contributed by atoms with Gasteiger partial charge in [-0.3, -0.25) is 18.6 Å². The zero-order chi connectivity index (χ0) is 47.3. The van der Waals surface area contributed by atoms with E-state index in [4.69, 9.17) is 18.5 Å². The fraction of sp³-hybridized carbons (Fsp3) is 0.673. The van der Waals surface area contributed by atoms with E-state index in [1.807, 2.05) is 54.7 Å². The normalized spacial score (nSPS) is 22.8. The summed E-state index contributed by atoms with van der Waals surface area (Å²) >= 11 is 0. The largest absolute Gasteiger partial charge is 0.472 e. The Hall–Kier alpha value is -3.01. The van der Waals surface area contributed by atoms with Gasteiger partial charge in [0.15, 0.2) is 6.10 Å². The first-order valence-corrected chi connectivity index (χ1v) is 25.0. The molecule has 0 radical (unpaired) electrons. The lowest BCUT2D eigenvalue weighted by atomic mass is 9.85. The predicted octanol–water partition coefficient (Wildman–Crippen LogP) is 8.25. The number of hydrogen-bond acceptors (Lipinski definition) is 13. The number of carbonyl (C=O) groups is 2. The van der Waals surface area contributed by atoms with Crippen molar-refractivity contribution in [1.29, 1.82) is 0 Å². The fourth-order valence-electron chi connectivity index (χ4n) is 6.46. The van der Waals surface area contributed by atoms with Gasteiger partial charge in [0, 0.05) is 12.8 Å². The molecule has 7 N–H and O–H groups in total. The maximum atomic E-state index is 12.8. The van der Waals surface area contributed by atoms with Gasteiger partial charge in [0.05, 0.1) is 12.7 Å². The first-order chi connectivity index (χ1) is 30.8. The average molecular weight is 925 g/mol. The van der Waals surface area contributed by atoms with Crippen molar-refractivity contribution in [2.75, 3.05) is 13.2 Å². The van der Waals surface area contributed by atoms with Gasteiger partial charge in [-0.1, -0.05) is 150 Å². The number of phosphoric ester groups is 1. The highest BCUT2D eigenvalue weighted by atomic mass is 31.2. The Bertz CT molecular complexity index is 1460. The predicted molar refractivity (Wildman–Crippen MR) is 250 cm³/mol. The zero-order valence-corrected chi connectivity index (χ0v) is 39.3. The number of carbonyl (C=O) groups excluding carboxylic acids is 2. The number of phosphoric acid groups is 1. The summed E-state index contributed by atoms with van der Waals surface area (Å²) in [7, 11) is -5.16. The summed E-state index contributed by atoms with van der Waals surface area (Å²) in [6.45, 7) is 3.06. The molecule has 15 heteroatoms. The van der Waals surface area contributed by atoms with Crippen LogP contribution >= 0.6 is 7.82 Å². The van der Waals surface area contributed by atoms with Gasteiger partial charge in [0.1, 0.15) is 43.2 Å². The molecule has 3 unspecified atom stereocenters. The van der Waals surface area contributed by atoms with Crippen LogP contribution in [0.15, 0.2) is 85.1 Å². The summed E-state index contributed by atoms with van der Waals surface area (Å²) in [5, 5.41) is 60.1. The molecule has 0 spiro atoms. The highest BCUT2D eigenvalue weighted by molar-refractivity contribution is 7.47. The molecule has 0 aliphatic heterocycles. The molecule has 0 heterocycles. The second-order valence-corrected chi connectivity index (χ2v) is 17.5. The van der Waals surface area contributed by atoms with E-state index >= 15 is 0 Å². The standard InChI is InChI=1S/C49H81O14P/c1-3-5-7-8-9-10-11-12-13-14-15-16-19-23-26-29-33-37-43(52)62-41(39-61-64(58,59)63-49-47(56)45(54)44(53)46(55)48(49)57)38-60-42(51)36-32-28-25-22-20-17-18-21-24-27-31-35-40(50)34-30-6-4-2/h12-13,15-18,22-27,31,35,40-41,44-50,53-57H,3-11,14,19-21,28-30,32-34,36-39H2,1-2H3,(H,58,59)/b13-12-,16-15-,18-17-,25-22-,26-23-,27-24-,35-31+/t40-,41-,44?,45-,46+,47-,48-,49?/m1/s1. The summed E-state index contributed by atoms with van der Waals surface area (Å²) in [5.74, 6) is -1.26. The Balaban J connectivity index is 2.56. The first kappa shape index (κ1) is 59.0. The van der Waals surface area contributed by atoms with Crippen molar-refractivity contribution in [3.8, 4) is 0 Å². The minimum absolute atomic E-state index is 0.000294. The average Bonchev–Trinajstić information content (AvgIpc) is 3.27. The molecule has 0 aromatic rings. The second kappa shape index (κ2) is 38.1. The lowest BCUT2D eigenvalue weighted by Gasteiger charge is -2.41. The van der Waals surface area contributed by atoms with Crippen molar-refractivity contribution in [2.24, 2.45) is 0 Å². The molecule has 64 heavy (non-hydrogen) atoms. The molecule has 9 atom stereocenters. The van der Waals surface area contributed by atoms with Crippen LogP contribution < -0.4 is 0 Å². The molecule has 1 aliphatic carbocycles. The van der Waals surface area contributed by atoms with E-state index in [0.29, 0.717) is 25.7 Å². The Morgan fingerprint density at radius 3 is 1.61 bits per heavy atom. The molecule has 1 rings (SSSR count). The zero-order valence-electron chi connectivity index (χ0n) is 38.4. The van der Waals surface area contributed by atoms with E-state index in [-0.39, 0.29) is 12.8 Å². The molecule has 0 aromatic carbocycles. The minimum Gasteiger partial charge on any atom is -0.462 e. The van der Waals surface area contributed by atoms with Crippen LogP contribution in [0.3, 0.4) is 0 Å². The molecule has 0 amide bonds. The van der Waals surface area contributed by atoms with Crippen LogP contribution in [0.2, 0.25) is 0 Å². The second-order valence-electron chi connectivity index (χ2n) is 16.1. The molecule has 0 saturated heterocycles. The third-order valence-electron chi connectivity index (χ3n) is 10.3. The van der Waals surface area contributed by atoms with Crippen LogP contribution in [0.4, 0.5) is 0 Å². The van der Waals surface area contributed by atoms with Crippen molar-refractivity contribution >= 4 is 19.8 Å². The number of aliphatic hydroxyl groups is 6. The highest BCUT2D eigenvalue weighted by Gasteiger charge is 2.51. The van der Waals surface area contributed by atoms with Crippen molar-refractivity contribution in [3.05, 3.63) is 85.1 Å². The number of unbranched alkanes of at least 4 members (excludes halogenated alkanes) is 10. The van der Waals surface area contributed by atoms with E-state index in [1.165, 1.54) is 38.5 Å². The van der Waals surface area contributed by atoms with Crippen molar-refractivity contribution in [1.82, 2.24) is 0 Å². The van der Waals surface area contributed by atoms with Gasteiger partial charge in [-0.05, 0) is 70.6 Å². The van der Waals surface area contributed by atoms with Gasteiger partial charge in [-0.15, -0.1) is 0 Å². The molecule has 1 saturated carbocycles. The van der Waals surface area contributed by atoms with Crippen molar-refractivity contribution < 1.29 is 68.2 Å². The lowest BCUT2D eigenvalue weighted by Crippen LogP contribution is -2.64. The Morgan fingerprint density at radius 2 is 1.03 bits per heavy atom. The third-order valence-corrected chi connectivity index (χ3v) is 11.3. The Morgan fingerprint density at radius 1 is 0.562 bits per heavy atom. The Kier molecular flexibility index (Phi) is 35.2. The number of allylic oxidation sites excluding steroid dienone is 13. The topological polar surface area (TPSA) is 230 Å². The number of rotatable bonds is 37. The third kappa shape index (κ3) is 30.2. The van der Waals surface area contributed by atoms with Gasteiger partial charge < -0.3 is 45.0 Å². The van der Waals surface area contributed by atoms with Crippen molar-refractivity contribution in [2.45, 2.75) is 198 Å². The maximum Gasteiger partial charge on any atom is 0.472 e. The molecule has 366 valence electrons. The van der Waals surface area contributed by atoms with Gasteiger partial charge in [-0.25, -0.2) is 4.57 Å². The summed E-state index contributed by atoms with van der Waals surface area (Å²) in [6, 6.07) is 0. The van der Waals surface area contributed by atoms with Crippen LogP contribution in [0, 0.1) is 0 Å². The SMILES string of the molecule is CCCCCCCC/C=C\C/C=C\C/C=C\CCCC(=O)O[C@H](COC(=O)CCC/C=C\C/C=C\C/C=C\C=C\[C@H](O)CCCCC)COP(=O)(O)OC1[C@H](O)[C@H](O)C(O)[C@H](O)[C@H]1O. The smallest absolute Gasteiger partial charge is 0.462 e. The number of aliphatic hydroxyl groups excluding tert-OH is 6. The van der Waals surface area contributed by atoms with Crippen molar-refractivity contribution in [3.63, 3.8) is 0 Å². The molecule has 14 nitrogen and oxygen atoms in total. The van der Waals surface area contributed by atoms with E-state index in [1.54, 1.807) is 6.08 Å². The quantitative estimate of drug-likeness (QED) is 0.0102. The molecule has 1 aliphatic rings. The summed E-state index contributed by atoms with van der Waals surface area (Å²) in [5.41, 5.74) is 0. The van der Waals surface area contributed by atoms with E-state index in [9.17, 15) is 49.7 Å². The number of hydrogen-bond donors (Lipinski definition) is 7. The molecular weight excluding hydrogens is 843 g/mol. The van der Waals surface area contributed by atoms with Crippen LogP contribution in [0.1, 0.15) is 149 Å². The van der Waals surface area contributed by atoms with Gasteiger partial charge >= 0.3 is 19.8 Å². The molecule has 0 bridgehead atoms. The minimum atomic E-state index is -5.16. The maximum absolute atomic E-state index is 12.8. The van der Waals surface area contributed by atoms with Crippen LogP contribution in [-0.2, 0) is 32.7 Å². The molecule has 0 aromatic heterocycles. The van der Waals surface area contributed by atoms with E-state index in [2.05, 4.69) is 38.2 Å². The van der Waals surface area contributed by atoms with Gasteiger partial charge in [0.2, 0.25) is 0 Å². The molecule has 1 fully saturated rings. The first-order valence-electron chi connectivity index (χ1n) is 23.5. The number of ether oxygens (including phenoxy) is 2.